The Hall–Kier alpha value is -10.2. The summed E-state index contributed by atoms with van der Waals surface area (Å²) in [6, 6.07) is 92.5. The van der Waals surface area contributed by atoms with E-state index in [1.54, 1.807) is 0 Å². The second-order valence-corrected chi connectivity index (χ2v) is 34.1. The van der Waals surface area contributed by atoms with E-state index in [0.717, 1.165) is 117 Å². The van der Waals surface area contributed by atoms with E-state index in [-0.39, 0.29) is 48.9 Å². The summed E-state index contributed by atoms with van der Waals surface area (Å²) in [7, 11) is 0. The Labute approximate surface area is 593 Å². The zero-order chi connectivity index (χ0) is 70.4. The van der Waals surface area contributed by atoms with Gasteiger partial charge in [-0.3, -0.25) is 0 Å². The molecule has 4 heterocycles. The Bertz CT molecular complexity index is 6010. The van der Waals surface area contributed by atoms with Crippen molar-refractivity contribution in [2.45, 2.75) is 105 Å². The Morgan fingerprint density at radius 3 is 1.34 bits per heavy atom. The molecule has 2 aromatic heterocycles. The molecular weight excluding hydrogens is 1260 g/mol. The predicted octanol–water partition coefficient (Wildman–Crippen LogP) is 23.8. The Morgan fingerprint density at radius 2 is 0.808 bits per heavy atom. The van der Waals surface area contributed by atoms with Gasteiger partial charge in [-0.15, -0.1) is 0 Å². The third kappa shape index (κ3) is 9.66. The summed E-state index contributed by atoms with van der Waals surface area (Å²) in [6.45, 7) is 27.3. The van der Waals surface area contributed by atoms with Crippen LogP contribution in [0, 0.1) is 0 Å². The number of aromatic nitrogens is 1. The predicted molar refractivity (Wildman–Crippen MR) is 429 cm³/mol. The molecule has 14 aromatic carbocycles. The third-order valence-electron chi connectivity index (χ3n) is 21.4. The van der Waals surface area contributed by atoms with E-state index in [9.17, 15) is 4.11 Å². The van der Waals surface area contributed by atoms with Crippen LogP contribution in [0.15, 0.2) is 267 Å². The molecule has 0 radical (unpaired) electrons. The second kappa shape index (κ2) is 22.2. The average molecular weight is 1340 g/mol. The number of hydrogen-bond donors (Lipinski definition) is 0. The van der Waals surface area contributed by atoms with Crippen LogP contribution in [-0.2, 0) is 21.7 Å². The molecule has 0 bridgehead atoms. The Kier molecular flexibility index (Phi) is 13.0. The van der Waals surface area contributed by atoms with Gasteiger partial charge in [0.1, 0.15) is 0 Å². The first-order valence-corrected chi connectivity index (χ1v) is 36.8. The number of anilines is 6. The van der Waals surface area contributed by atoms with Gasteiger partial charge in [0.15, 0.2) is 0 Å². The first-order valence-electron chi connectivity index (χ1n) is 36.6. The number of benzene rings is 14. The van der Waals surface area contributed by atoms with Crippen LogP contribution in [0.1, 0.15) is 109 Å². The van der Waals surface area contributed by atoms with Crippen LogP contribution >= 0.6 is 0 Å². The van der Waals surface area contributed by atoms with Crippen LogP contribution in [-0.4, -0.2) is 25.8 Å². The topological polar surface area (TPSA) is 11.4 Å². The van der Waals surface area contributed by atoms with Crippen LogP contribution in [0.2, 0.25) is 0 Å². The van der Waals surface area contributed by atoms with Crippen LogP contribution in [0.25, 0.3) is 114 Å². The van der Waals surface area contributed by atoms with E-state index >= 15 is 0 Å². The van der Waals surface area contributed by atoms with Gasteiger partial charge in [-0.2, -0.15) is 0 Å². The monoisotopic (exact) mass is 1340 g/mol. The van der Waals surface area contributed by atoms with E-state index in [0.29, 0.717) is 16.8 Å². The molecule has 0 saturated heterocycles. The SMILES string of the molecule is [2H]c1c([2H])c(-n2c3ccccc3c3c4ccc5cccc6ccc(cc32)c4c65)c([2H])c2c1B1c3[se]c4cc(C(C)(C)C)ccc4c3N(c3c(-c4ccccc4)cc(C(C)(C)C)cc3-c3ccccc3)c3cc(C(C)(C)C)cc(c31)N2c1c(-c2ccccc2)cc(C(C)(C)C)cc1-c1ccccc1. The van der Waals surface area contributed by atoms with Gasteiger partial charge in [-0.25, -0.2) is 0 Å². The molecule has 3 nitrogen and oxygen atoms in total. The third-order valence-corrected chi connectivity index (χ3v) is 23.9. The van der Waals surface area contributed by atoms with Gasteiger partial charge in [0.05, 0.1) is 0 Å². The summed E-state index contributed by atoms with van der Waals surface area (Å²) in [6.07, 6.45) is 0. The van der Waals surface area contributed by atoms with Crippen LogP contribution in [0.4, 0.5) is 34.1 Å². The van der Waals surface area contributed by atoms with Crippen molar-refractivity contribution < 1.29 is 4.11 Å². The maximum absolute atomic E-state index is 11.9. The quantitative estimate of drug-likeness (QED) is 0.116. The van der Waals surface area contributed by atoms with Crippen LogP contribution in [0.5, 0.6) is 0 Å². The normalized spacial score (nSPS) is 13.8. The summed E-state index contributed by atoms with van der Waals surface area (Å²) in [5.41, 5.74) is 22.0. The van der Waals surface area contributed by atoms with Crippen molar-refractivity contribution in [1.29, 1.82) is 0 Å². The molecule has 18 rings (SSSR count). The van der Waals surface area contributed by atoms with E-state index in [4.69, 9.17) is 0 Å². The van der Waals surface area contributed by atoms with Gasteiger partial charge < -0.3 is 0 Å². The fourth-order valence-electron chi connectivity index (χ4n) is 16.2. The number of para-hydroxylation sites is 1. The number of nitrogens with zero attached hydrogens (tertiary/aromatic N) is 3. The van der Waals surface area contributed by atoms with Gasteiger partial charge in [-0.05, 0) is 10.8 Å². The first-order chi connectivity index (χ1) is 48.9. The molecule has 5 heteroatoms. The molecule has 0 fully saturated rings. The van der Waals surface area contributed by atoms with Crippen molar-refractivity contribution in [1.82, 2.24) is 4.57 Å². The minimum atomic E-state index is -0.552. The van der Waals surface area contributed by atoms with E-state index < -0.39 is 12.1 Å². The van der Waals surface area contributed by atoms with Gasteiger partial charge in [0, 0.05) is 0 Å². The standard InChI is InChI=1S/C94H80BN3Se/c1-91(2,3)64-43-46-70-82(55-64)99-90-89(70)98(88-74(59-32-21-15-22-33-59)51-66(93(7,8)9)52-75(88)60-34-23-16-24-35-60)81-54-67(94(10,11)12)53-80-86(81)95(90)76-47-44-68(96-77-39-26-25-38-69(77)85-71-45-42-62-37-27-36-61-40-41-63(48-79(85)96)84(71)83(61)62)56-78(76)97(80)87-72(57-28-17-13-18-29-57)49-65(92(4,5)6)50-73(87)58-30-19-14-20-31-58/h13-56H,1-12H3/i44D,47D,56D. The molecular formula is C94H80BN3Se. The van der Waals surface area contributed by atoms with Crippen molar-refractivity contribution in [2.24, 2.45) is 0 Å². The summed E-state index contributed by atoms with van der Waals surface area (Å²) in [5.74, 6) is 0. The molecule has 2 aliphatic rings. The van der Waals surface area contributed by atoms with Crippen LogP contribution in [0.3, 0.4) is 0 Å². The molecule has 99 heavy (non-hydrogen) atoms. The van der Waals surface area contributed by atoms with Crippen molar-refractivity contribution in [3.63, 3.8) is 0 Å². The summed E-state index contributed by atoms with van der Waals surface area (Å²) in [4.78, 5) is 5.14. The van der Waals surface area contributed by atoms with Crippen molar-refractivity contribution in [3.8, 4) is 50.2 Å². The zero-order valence-corrected chi connectivity index (χ0v) is 60.2. The number of rotatable bonds is 7. The summed E-state index contributed by atoms with van der Waals surface area (Å²) in [5, 5.41) is 10.3. The zero-order valence-electron chi connectivity index (χ0n) is 61.5. The molecule has 16 aromatic rings. The molecule has 0 amide bonds. The molecule has 0 unspecified atom stereocenters. The minimum absolute atomic E-state index is 0.0236. The van der Waals surface area contributed by atoms with Gasteiger partial charge in [-0.1, -0.05) is 18.2 Å². The molecule has 0 N–H and O–H groups in total. The van der Waals surface area contributed by atoms with Crippen molar-refractivity contribution in [2.75, 3.05) is 9.80 Å². The molecule has 0 spiro atoms. The second-order valence-electron chi connectivity index (χ2n) is 31.8. The van der Waals surface area contributed by atoms with Crippen molar-refractivity contribution >= 4 is 134 Å². The fraction of sp³-hybridized carbons (Fsp3) is 0.170. The van der Waals surface area contributed by atoms with Crippen LogP contribution < -0.4 is 25.1 Å². The molecule has 0 atom stereocenters. The first kappa shape index (κ1) is 57.9. The molecule has 0 saturated carbocycles. The maximum atomic E-state index is 11.9. The van der Waals surface area contributed by atoms with E-state index in [1.807, 2.05) is 0 Å². The number of fused-ring (bicyclic) bond motifs is 10. The summed E-state index contributed by atoms with van der Waals surface area (Å²) < 4.78 is 39.3. The Balaban J connectivity index is 1.06. The van der Waals surface area contributed by atoms with E-state index in [2.05, 4.69) is 346 Å². The molecule has 0 aliphatic carbocycles. The van der Waals surface area contributed by atoms with Gasteiger partial charge >= 0.3 is 568 Å². The van der Waals surface area contributed by atoms with E-state index in [1.165, 1.54) is 52.2 Å². The van der Waals surface area contributed by atoms with Gasteiger partial charge in [0.2, 0.25) is 0 Å². The summed E-state index contributed by atoms with van der Waals surface area (Å²) >= 11 is -0.321. The molecule has 2 aliphatic heterocycles. The van der Waals surface area contributed by atoms with Crippen molar-refractivity contribution in [3.05, 3.63) is 289 Å². The molecule has 480 valence electrons. The fourth-order valence-corrected chi connectivity index (χ4v) is 19.0. The number of hydrogen-bond acceptors (Lipinski definition) is 2. The average Bonchev–Trinajstić information content (AvgIpc) is 1.21. The van der Waals surface area contributed by atoms with Gasteiger partial charge in [0.25, 0.3) is 0 Å². The Morgan fingerprint density at radius 1 is 0.343 bits per heavy atom.